The molecule has 1 aliphatic rings. The Morgan fingerprint density at radius 3 is 2.25 bits per heavy atom. The van der Waals surface area contributed by atoms with Crippen molar-refractivity contribution in [2.45, 2.75) is 26.4 Å². The molecule has 1 aliphatic heterocycles. The lowest BCUT2D eigenvalue weighted by molar-refractivity contribution is 0.0240. The first-order valence-electron chi connectivity index (χ1n) is 8.13. The van der Waals surface area contributed by atoms with Crippen molar-refractivity contribution in [2.24, 2.45) is 0 Å². The summed E-state index contributed by atoms with van der Waals surface area (Å²) in [6, 6.07) is 5.54. The van der Waals surface area contributed by atoms with Gasteiger partial charge in [0.15, 0.2) is 0 Å². The van der Waals surface area contributed by atoms with Crippen LogP contribution in [0.3, 0.4) is 0 Å². The number of hydrogen-bond donors (Lipinski definition) is 0. The SMILES string of the molecule is Bc1cc(C(=O)OC)ccc1N1CCN(C(=O)OC(C)(C)C)CC1. The maximum absolute atomic E-state index is 12.1. The van der Waals surface area contributed by atoms with Crippen molar-refractivity contribution in [1.82, 2.24) is 4.90 Å². The third-order valence-electron chi connectivity index (χ3n) is 3.89. The first kappa shape index (κ1) is 18.2. The number of carbonyl (C=O) groups is 2. The number of benzene rings is 1. The molecule has 0 spiro atoms. The molecule has 0 radical (unpaired) electrons. The molecule has 0 unspecified atom stereocenters. The van der Waals surface area contributed by atoms with E-state index in [1.807, 2.05) is 40.8 Å². The highest BCUT2D eigenvalue weighted by molar-refractivity contribution is 6.36. The molecule has 130 valence electrons. The Morgan fingerprint density at radius 2 is 1.75 bits per heavy atom. The minimum atomic E-state index is -0.478. The lowest BCUT2D eigenvalue weighted by atomic mass is 9.91. The summed E-state index contributed by atoms with van der Waals surface area (Å²) in [7, 11) is 3.35. The second-order valence-electron chi connectivity index (χ2n) is 6.95. The van der Waals surface area contributed by atoms with Gasteiger partial charge in [0, 0.05) is 31.9 Å². The molecular formula is C17H25BN2O4. The highest BCUT2D eigenvalue weighted by atomic mass is 16.6. The molecule has 2 rings (SSSR count). The van der Waals surface area contributed by atoms with Crippen LogP contribution in [-0.4, -0.2) is 63.7 Å². The highest BCUT2D eigenvalue weighted by Gasteiger charge is 2.26. The molecule has 0 saturated carbocycles. The van der Waals surface area contributed by atoms with Crippen molar-refractivity contribution in [1.29, 1.82) is 0 Å². The molecule has 1 aromatic rings. The number of anilines is 1. The van der Waals surface area contributed by atoms with Crippen LogP contribution in [0.15, 0.2) is 18.2 Å². The summed E-state index contributed by atoms with van der Waals surface area (Å²) in [5.41, 5.74) is 2.16. The zero-order valence-corrected chi connectivity index (χ0v) is 15.1. The molecule has 0 aliphatic carbocycles. The summed E-state index contributed by atoms with van der Waals surface area (Å²) in [6.45, 7) is 8.31. The minimum absolute atomic E-state index is 0.264. The number of piperazine rings is 1. The number of hydrogen-bond acceptors (Lipinski definition) is 5. The van der Waals surface area contributed by atoms with Crippen molar-refractivity contribution < 1.29 is 19.1 Å². The highest BCUT2D eigenvalue weighted by Crippen LogP contribution is 2.17. The quantitative estimate of drug-likeness (QED) is 0.592. The number of rotatable bonds is 2. The molecule has 0 bridgehead atoms. The summed E-state index contributed by atoms with van der Waals surface area (Å²) < 4.78 is 10.2. The maximum Gasteiger partial charge on any atom is 0.410 e. The third-order valence-corrected chi connectivity index (χ3v) is 3.89. The molecule has 1 aromatic carbocycles. The van der Waals surface area contributed by atoms with E-state index >= 15 is 0 Å². The zero-order chi connectivity index (χ0) is 17.9. The van der Waals surface area contributed by atoms with Crippen LogP contribution in [0.4, 0.5) is 10.5 Å². The van der Waals surface area contributed by atoms with Gasteiger partial charge in [0.1, 0.15) is 13.4 Å². The van der Waals surface area contributed by atoms with Crippen molar-refractivity contribution in [3.8, 4) is 0 Å². The maximum atomic E-state index is 12.1. The lowest BCUT2D eigenvalue weighted by Crippen LogP contribution is -2.51. The second-order valence-corrected chi connectivity index (χ2v) is 6.95. The van der Waals surface area contributed by atoms with Gasteiger partial charge >= 0.3 is 12.1 Å². The number of methoxy groups -OCH3 is 1. The Bertz CT molecular complexity index is 620. The summed E-state index contributed by atoms with van der Waals surface area (Å²) in [4.78, 5) is 27.7. The number of esters is 1. The van der Waals surface area contributed by atoms with Crippen LogP contribution >= 0.6 is 0 Å². The van der Waals surface area contributed by atoms with Crippen LogP contribution < -0.4 is 10.4 Å². The van der Waals surface area contributed by atoms with Crippen molar-refractivity contribution in [2.75, 3.05) is 38.2 Å². The molecule has 7 heteroatoms. The Morgan fingerprint density at radius 1 is 1.12 bits per heavy atom. The van der Waals surface area contributed by atoms with Gasteiger partial charge < -0.3 is 19.3 Å². The number of nitrogens with zero attached hydrogens (tertiary/aromatic N) is 2. The van der Waals surface area contributed by atoms with E-state index < -0.39 is 5.60 Å². The number of carbonyl (C=O) groups excluding carboxylic acids is 2. The minimum Gasteiger partial charge on any atom is -0.465 e. The molecule has 1 heterocycles. The second kappa shape index (κ2) is 7.15. The van der Waals surface area contributed by atoms with E-state index in [4.69, 9.17) is 9.47 Å². The van der Waals surface area contributed by atoms with Crippen LogP contribution in [0, 0.1) is 0 Å². The van der Waals surface area contributed by atoms with Crippen LogP contribution in [0.1, 0.15) is 31.1 Å². The molecule has 6 nitrogen and oxygen atoms in total. The van der Waals surface area contributed by atoms with Crippen LogP contribution in [0.5, 0.6) is 0 Å². The van der Waals surface area contributed by atoms with Gasteiger partial charge in [0.2, 0.25) is 0 Å². The molecule has 24 heavy (non-hydrogen) atoms. The third kappa shape index (κ3) is 4.43. The number of ether oxygens (including phenoxy) is 2. The van der Waals surface area contributed by atoms with Gasteiger partial charge in [-0.15, -0.1) is 0 Å². The van der Waals surface area contributed by atoms with E-state index in [-0.39, 0.29) is 12.1 Å². The molecule has 0 atom stereocenters. The predicted octanol–water partition coefficient (Wildman–Crippen LogP) is 0.789. The zero-order valence-electron chi connectivity index (χ0n) is 15.1. The van der Waals surface area contributed by atoms with Crippen LogP contribution in [-0.2, 0) is 9.47 Å². The predicted molar refractivity (Wildman–Crippen MR) is 96.0 cm³/mol. The van der Waals surface area contributed by atoms with E-state index in [1.54, 1.807) is 11.0 Å². The summed E-state index contributed by atoms with van der Waals surface area (Å²) in [5, 5.41) is 0. The Kier molecular flexibility index (Phi) is 5.42. The van der Waals surface area contributed by atoms with Gasteiger partial charge in [-0.25, -0.2) is 9.59 Å². The van der Waals surface area contributed by atoms with Gasteiger partial charge in [-0.3, -0.25) is 0 Å². The summed E-state index contributed by atoms with van der Waals surface area (Å²) >= 11 is 0. The van der Waals surface area contributed by atoms with Crippen LogP contribution in [0.25, 0.3) is 0 Å². The topological polar surface area (TPSA) is 59.1 Å². The largest absolute Gasteiger partial charge is 0.465 e. The van der Waals surface area contributed by atoms with Crippen molar-refractivity contribution >= 4 is 31.1 Å². The standard InChI is InChI=1S/C17H25BN2O4/c1-17(2,3)24-16(22)20-9-7-19(8-10-20)14-6-5-12(11-13(14)18)15(21)23-4/h5-6,11H,7-10,18H2,1-4H3. The van der Waals surface area contributed by atoms with E-state index in [0.717, 1.165) is 24.2 Å². The van der Waals surface area contributed by atoms with Gasteiger partial charge in [-0.05, 0) is 32.9 Å². The van der Waals surface area contributed by atoms with E-state index in [2.05, 4.69) is 4.90 Å². The van der Waals surface area contributed by atoms with Gasteiger partial charge in [0.25, 0.3) is 0 Å². The molecule has 0 aromatic heterocycles. The van der Waals surface area contributed by atoms with Gasteiger partial charge in [-0.2, -0.15) is 0 Å². The normalized spacial score (nSPS) is 15.2. The summed E-state index contributed by atoms with van der Waals surface area (Å²) in [6.07, 6.45) is -0.264. The smallest absolute Gasteiger partial charge is 0.410 e. The molecule has 1 fully saturated rings. The fourth-order valence-corrected chi connectivity index (χ4v) is 2.71. The molecule has 1 amide bonds. The molecular weight excluding hydrogens is 307 g/mol. The first-order chi connectivity index (χ1) is 11.2. The van der Waals surface area contributed by atoms with Gasteiger partial charge in [-0.1, -0.05) is 11.5 Å². The van der Waals surface area contributed by atoms with E-state index in [9.17, 15) is 9.59 Å². The van der Waals surface area contributed by atoms with E-state index in [0.29, 0.717) is 18.7 Å². The number of amides is 1. The Balaban J connectivity index is 2.00. The van der Waals surface area contributed by atoms with Gasteiger partial charge in [0.05, 0.1) is 12.7 Å². The fraction of sp³-hybridized carbons (Fsp3) is 0.529. The molecule has 0 N–H and O–H groups in total. The fourth-order valence-electron chi connectivity index (χ4n) is 2.71. The Labute approximate surface area is 144 Å². The monoisotopic (exact) mass is 332 g/mol. The van der Waals surface area contributed by atoms with Crippen LogP contribution in [0.2, 0.25) is 0 Å². The lowest BCUT2D eigenvalue weighted by Gasteiger charge is -2.37. The van der Waals surface area contributed by atoms with Crippen molar-refractivity contribution in [3.63, 3.8) is 0 Å². The first-order valence-corrected chi connectivity index (χ1v) is 8.13. The van der Waals surface area contributed by atoms with E-state index in [1.165, 1.54) is 7.11 Å². The average Bonchev–Trinajstić information content (AvgIpc) is 2.52. The Hall–Kier alpha value is -2.18. The van der Waals surface area contributed by atoms with Crippen molar-refractivity contribution in [3.05, 3.63) is 23.8 Å². The molecule has 1 saturated heterocycles. The summed E-state index contributed by atoms with van der Waals surface area (Å²) in [5.74, 6) is -0.334. The average molecular weight is 332 g/mol.